The van der Waals surface area contributed by atoms with Gasteiger partial charge in [0.15, 0.2) is 0 Å². The van der Waals surface area contributed by atoms with Crippen LogP contribution >= 0.6 is 0 Å². The van der Waals surface area contributed by atoms with E-state index >= 15 is 0 Å². The molecule has 2 unspecified atom stereocenters. The predicted molar refractivity (Wildman–Crippen MR) is 97.9 cm³/mol. The number of methoxy groups -OCH3 is 1. The summed E-state index contributed by atoms with van der Waals surface area (Å²) in [6, 6.07) is 3.96. The van der Waals surface area contributed by atoms with Crippen LogP contribution in [0.5, 0.6) is 0 Å². The minimum Gasteiger partial charge on any atom is -0.389 e. The molecule has 0 bridgehead atoms. The number of aliphatic hydroxyl groups excluding tert-OH is 1. The molecule has 1 aromatic carbocycles. The zero-order valence-corrected chi connectivity index (χ0v) is 15.7. The van der Waals surface area contributed by atoms with Gasteiger partial charge in [-0.05, 0) is 37.1 Å². The van der Waals surface area contributed by atoms with Gasteiger partial charge in [-0.25, -0.2) is 4.39 Å². The number of benzene rings is 1. The highest BCUT2D eigenvalue weighted by molar-refractivity contribution is 6.01. The lowest BCUT2D eigenvalue weighted by Crippen LogP contribution is -2.56. The van der Waals surface area contributed by atoms with E-state index in [4.69, 9.17) is 4.74 Å². The van der Waals surface area contributed by atoms with Gasteiger partial charge >= 0.3 is 0 Å². The Morgan fingerprint density at radius 3 is 2.81 bits per heavy atom. The van der Waals surface area contributed by atoms with Crippen LogP contribution in [0.25, 0.3) is 10.9 Å². The summed E-state index contributed by atoms with van der Waals surface area (Å²) in [4.78, 5) is 26.2. The standard InChI is InChI=1S/C19H24FN3O4/c1-11-13-8-12(20)4-5-15(13)22(2)18(11)19(26)21-14-6-7-23(9-16(14)24)17(25)10-27-3/h4-5,8,14,16,24H,6-7,9-10H2,1-3H3,(H,21,26). The van der Waals surface area contributed by atoms with Crippen molar-refractivity contribution in [2.24, 2.45) is 7.05 Å². The largest absolute Gasteiger partial charge is 0.389 e. The number of aryl methyl sites for hydroxylation is 2. The SMILES string of the molecule is COCC(=O)N1CCC(NC(=O)c2c(C)c3cc(F)ccc3n2C)C(O)C1. The number of hydrogen-bond donors (Lipinski definition) is 2. The third-order valence-electron chi connectivity index (χ3n) is 5.15. The van der Waals surface area contributed by atoms with Gasteiger partial charge in [0.2, 0.25) is 5.91 Å². The Kier molecular flexibility index (Phi) is 5.48. The molecule has 2 amide bonds. The van der Waals surface area contributed by atoms with Crippen LogP contribution in [0.1, 0.15) is 22.5 Å². The number of rotatable bonds is 4. The Balaban J connectivity index is 1.75. The number of nitrogens with one attached hydrogen (secondary N) is 1. The molecule has 2 aromatic rings. The Labute approximate surface area is 156 Å². The van der Waals surface area contributed by atoms with Crippen molar-refractivity contribution in [3.8, 4) is 0 Å². The van der Waals surface area contributed by atoms with Crippen LogP contribution in [-0.4, -0.2) is 65.3 Å². The molecule has 2 N–H and O–H groups in total. The summed E-state index contributed by atoms with van der Waals surface area (Å²) in [5.41, 5.74) is 1.88. The zero-order valence-electron chi connectivity index (χ0n) is 15.7. The summed E-state index contributed by atoms with van der Waals surface area (Å²) in [5.74, 6) is -0.869. The Hall–Kier alpha value is -2.45. The van der Waals surface area contributed by atoms with E-state index in [2.05, 4.69) is 5.32 Å². The number of ether oxygens (including phenoxy) is 1. The van der Waals surface area contributed by atoms with E-state index in [9.17, 15) is 19.1 Å². The first-order chi connectivity index (χ1) is 12.8. The highest BCUT2D eigenvalue weighted by Gasteiger charge is 2.32. The molecule has 146 valence electrons. The van der Waals surface area contributed by atoms with Crippen molar-refractivity contribution in [1.82, 2.24) is 14.8 Å². The quantitative estimate of drug-likeness (QED) is 0.832. The smallest absolute Gasteiger partial charge is 0.268 e. The molecular formula is C19H24FN3O4. The Bertz CT molecular complexity index is 879. The number of aromatic nitrogens is 1. The fourth-order valence-electron chi connectivity index (χ4n) is 3.70. The summed E-state index contributed by atoms with van der Waals surface area (Å²) in [6.07, 6.45) is -0.420. The average molecular weight is 377 g/mol. The molecule has 0 spiro atoms. The molecule has 1 aliphatic heterocycles. The van der Waals surface area contributed by atoms with Gasteiger partial charge in [-0.1, -0.05) is 0 Å². The number of piperidine rings is 1. The molecule has 2 heterocycles. The van der Waals surface area contributed by atoms with Crippen LogP contribution in [0.2, 0.25) is 0 Å². The second kappa shape index (κ2) is 7.66. The molecule has 3 rings (SSSR count). The second-order valence-corrected chi connectivity index (χ2v) is 6.90. The van der Waals surface area contributed by atoms with Crippen LogP contribution in [-0.2, 0) is 16.6 Å². The second-order valence-electron chi connectivity index (χ2n) is 6.90. The summed E-state index contributed by atoms with van der Waals surface area (Å²) in [7, 11) is 3.20. The van der Waals surface area contributed by atoms with E-state index in [0.717, 1.165) is 5.52 Å². The summed E-state index contributed by atoms with van der Waals surface area (Å²) >= 11 is 0. The maximum absolute atomic E-state index is 13.6. The minimum atomic E-state index is -0.865. The molecule has 1 aliphatic rings. The fourth-order valence-corrected chi connectivity index (χ4v) is 3.70. The highest BCUT2D eigenvalue weighted by Crippen LogP contribution is 2.26. The van der Waals surface area contributed by atoms with Crippen LogP contribution in [0.4, 0.5) is 4.39 Å². The first kappa shape index (κ1) is 19.3. The number of carbonyl (C=O) groups is 2. The number of β-amino-alcohol motifs (C(OH)–C–C–N with tert-alkyl or cyclic N) is 1. The van der Waals surface area contributed by atoms with E-state index < -0.39 is 12.1 Å². The van der Waals surface area contributed by atoms with E-state index in [1.54, 1.807) is 24.6 Å². The van der Waals surface area contributed by atoms with Gasteiger partial charge in [0, 0.05) is 38.1 Å². The molecule has 8 heteroatoms. The number of aliphatic hydroxyl groups is 1. The molecule has 1 fully saturated rings. The van der Waals surface area contributed by atoms with Crippen molar-refractivity contribution in [3.05, 3.63) is 35.3 Å². The van der Waals surface area contributed by atoms with Gasteiger partial charge in [-0.3, -0.25) is 9.59 Å². The van der Waals surface area contributed by atoms with Crippen LogP contribution in [0.3, 0.4) is 0 Å². The molecular weight excluding hydrogens is 353 g/mol. The first-order valence-corrected chi connectivity index (χ1v) is 8.83. The number of nitrogens with zero attached hydrogens (tertiary/aromatic N) is 2. The van der Waals surface area contributed by atoms with Crippen molar-refractivity contribution in [2.45, 2.75) is 25.5 Å². The highest BCUT2D eigenvalue weighted by atomic mass is 19.1. The molecule has 1 aromatic heterocycles. The summed E-state index contributed by atoms with van der Waals surface area (Å²) < 4.78 is 20.1. The molecule has 27 heavy (non-hydrogen) atoms. The number of likely N-dealkylation sites (tertiary alicyclic amines) is 1. The number of fused-ring (bicyclic) bond motifs is 1. The molecule has 0 radical (unpaired) electrons. The van der Waals surface area contributed by atoms with Crippen molar-refractivity contribution < 1.29 is 23.8 Å². The molecule has 0 saturated carbocycles. The lowest BCUT2D eigenvalue weighted by atomic mass is 10.0. The average Bonchev–Trinajstić information content (AvgIpc) is 2.87. The third kappa shape index (κ3) is 3.68. The Morgan fingerprint density at radius 2 is 2.15 bits per heavy atom. The van der Waals surface area contributed by atoms with Crippen molar-refractivity contribution in [3.63, 3.8) is 0 Å². The Morgan fingerprint density at radius 1 is 1.41 bits per heavy atom. The predicted octanol–water partition coefficient (Wildman–Crippen LogP) is 0.964. The fraction of sp³-hybridized carbons (Fsp3) is 0.474. The zero-order chi connectivity index (χ0) is 19.7. The summed E-state index contributed by atoms with van der Waals surface area (Å²) in [6.45, 7) is 2.32. The van der Waals surface area contributed by atoms with E-state index in [-0.39, 0.29) is 30.8 Å². The van der Waals surface area contributed by atoms with Gasteiger partial charge in [0.05, 0.1) is 12.1 Å². The van der Waals surface area contributed by atoms with Gasteiger partial charge in [-0.2, -0.15) is 0 Å². The number of amides is 2. The molecule has 2 atom stereocenters. The number of carbonyl (C=O) groups excluding carboxylic acids is 2. The van der Waals surface area contributed by atoms with Gasteiger partial charge < -0.3 is 24.6 Å². The van der Waals surface area contributed by atoms with Gasteiger partial charge in [0.1, 0.15) is 18.1 Å². The maximum Gasteiger partial charge on any atom is 0.268 e. The topological polar surface area (TPSA) is 83.8 Å². The lowest BCUT2D eigenvalue weighted by molar-refractivity contribution is -0.138. The van der Waals surface area contributed by atoms with Crippen molar-refractivity contribution in [1.29, 1.82) is 0 Å². The van der Waals surface area contributed by atoms with Gasteiger partial charge in [-0.15, -0.1) is 0 Å². The minimum absolute atomic E-state index is 0.0323. The first-order valence-electron chi connectivity index (χ1n) is 8.83. The normalized spacial score (nSPS) is 20.1. The summed E-state index contributed by atoms with van der Waals surface area (Å²) in [5, 5.41) is 13.9. The molecule has 1 saturated heterocycles. The monoisotopic (exact) mass is 377 g/mol. The molecule has 0 aliphatic carbocycles. The van der Waals surface area contributed by atoms with Crippen LogP contribution in [0, 0.1) is 12.7 Å². The number of halogens is 1. The van der Waals surface area contributed by atoms with Gasteiger partial charge in [0.25, 0.3) is 5.91 Å². The van der Waals surface area contributed by atoms with E-state index in [1.807, 2.05) is 0 Å². The lowest BCUT2D eigenvalue weighted by Gasteiger charge is -2.36. The maximum atomic E-state index is 13.6. The molecule has 7 nitrogen and oxygen atoms in total. The third-order valence-corrected chi connectivity index (χ3v) is 5.15. The number of hydrogen-bond acceptors (Lipinski definition) is 4. The van der Waals surface area contributed by atoms with Crippen LogP contribution < -0.4 is 5.32 Å². The van der Waals surface area contributed by atoms with E-state index in [1.165, 1.54) is 24.1 Å². The van der Waals surface area contributed by atoms with Crippen molar-refractivity contribution >= 4 is 22.7 Å². The van der Waals surface area contributed by atoms with E-state index in [0.29, 0.717) is 29.6 Å². The van der Waals surface area contributed by atoms with Crippen molar-refractivity contribution in [2.75, 3.05) is 26.8 Å². The van der Waals surface area contributed by atoms with Crippen LogP contribution in [0.15, 0.2) is 18.2 Å².